The number of nitrogens with zero attached hydrogens (tertiary/aromatic N) is 1. The van der Waals surface area contributed by atoms with Crippen LogP contribution in [0.1, 0.15) is 6.42 Å². The van der Waals surface area contributed by atoms with E-state index in [0.717, 1.165) is 7.11 Å². The number of amides is 1. The average Bonchev–Trinajstić information content (AvgIpc) is 2.56. The van der Waals surface area contributed by atoms with E-state index in [4.69, 9.17) is 5.11 Å². The van der Waals surface area contributed by atoms with Crippen molar-refractivity contribution in [3.05, 3.63) is 0 Å². The van der Waals surface area contributed by atoms with Gasteiger partial charge in [-0.05, 0) is 0 Å². The Balaban J connectivity index is 2.85. The SMILES string of the molecule is COC(=O)C1CC(O)CN1C(=O)C(F)(F)F. The van der Waals surface area contributed by atoms with Gasteiger partial charge >= 0.3 is 18.1 Å². The molecular weight excluding hydrogens is 231 g/mol. The fraction of sp³-hybridized carbons (Fsp3) is 0.750. The number of carbonyl (C=O) groups excluding carboxylic acids is 2. The minimum absolute atomic E-state index is 0.242. The van der Waals surface area contributed by atoms with E-state index < -0.39 is 36.7 Å². The quantitative estimate of drug-likeness (QED) is 0.639. The summed E-state index contributed by atoms with van der Waals surface area (Å²) in [6.45, 7) is -0.516. The van der Waals surface area contributed by atoms with Crippen molar-refractivity contribution in [2.75, 3.05) is 13.7 Å². The normalized spacial score (nSPS) is 25.7. The minimum Gasteiger partial charge on any atom is -0.467 e. The summed E-state index contributed by atoms with van der Waals surface area (Å²) in [5.41, 5.74) is 0. The molecular formula is C8H10F3NO4. The van der Waals surface area contributed by atoms with Crippen LogP contribution in [0, 0.1) is 0 Å². The molecule has 1 aliphatic heterocycles. The highest BCUT2D eigenvalue weighted by Gasteiger charge is 2.50. The Kier molecular flexibility index (Phi) is 3.41. The maximum Gasteiger partial charge on any atom is 0.471 e. The number of likely N-dealkylation sites (tertiary alicyclic amines) is 1. The van der Waals surface area contributed by atoms with Crippen LogP contribution in [0.25, 0.3) is 0 Å². The highest BCUT2D eigenvalue weighted by atomic mass is 19.4. The summed E-state index contributed by atoms with van der Waals surface area (Å²) in [6.07, 6.45) is -6.44. The molecule has 1 aliphatic rings. The van der Waals surface area contributed by atoms with Crippen LogP contribution in [0.2, 0.25) is 0 Å². The van der Waals surface area contributed by atoms with E-state index in [1.807, 2.05) is 0 Å². The summed E-state index contributed by atoms with van der Waals surface area (Å²) >= 11 is 0. The van der Waals surface area contributed by atoms with Crippen LogP contribution < -0.4 is 0 Å². The number of rotatable bonds is 1. The van der Waals surface area contributed by atoms with Gasteiger partial charge in [-0.3, -0.25) is 4.79 Å². The van der Waals surface area contributed by atoms with E-state index in [-0.39, 0.29) is 11.3 Å². The van der Waals surface area contributed by atoms with Crippen molar-refractivity contribution in [2.24, 2.45) is 0 Å². The molecule has 0 saturated carbocycles. The van der Waals surface area contributed by atoms with Crippen LogP contribution in [0.3, 0.4) is 0 Å². The standard InChI is InChI=1S/C8H10F3NO4/c1-16-6(14)5-2-4(13)3-12(5)7(15)8(9,10)11/h4-5,13H,2-3H2,1H3. The van der Waals surface area contributed by atoms with Gasteiger partial charge in [0, 0.05) is 13.0 Å². The van der Waals surface area contributed by atoms with Crippen molar-refractivity contribution in [2.45, 2.75) is 24.7 Å². The van der Waals surface area contributed by atoms with Crippen molar-refractivity contribution in [1.29, 1.82) is 0 Å². The zero-order chi connectivity index (χ0) is 12.5. The molecule has 0 bridgehead atoms. The van der Waals surface area contributed by atoms with Crippen molar-refractivity contribution in [3.8, 4) is 0 Å². The third kappa shape index (κ3) is 2.43. The second-order valence-electron chi connectivity index (χ2n) is 3.38. The van der Waals surface area contributed by atoms with Gasteiger partial charge in [0.2, 0.25) is 0 Å². The molecule has 92 valence electrons. The number of hydrogen-bond acceptors (Lipinski definition) is 4. The summed E-state index contributed by atoms with van der Waals surface area (Å²) in [4.78, 5) is 22.3. The number of halogens is 3. The van der Waals surface area contributed by atoms with Crippen LogP contribution in [-0.2, 0) is 14.3 Å². The van der Waals surface area contributed by atoms with Crippen LogP contribution >= 0.6 is 0 Å². The van der Waals surface area contributed by atoms with Crippen LogP contribution in [0.15, 0.2) is 0 Å². The van der Waals surface area contributed by atoms with Crippen LogP contribution in [0.5, 0.6) is 0 Å². The first-order chi connectivity index (χ1) is 7.27. The zero-order valence-electron chi connectivity index (χ0n) is 8.32. The molecule has 2 atom stereocenters. The predicted molar refractivity (Wildman–Crippen MR) is 44.2 cm³/mol. The van der Waals surface area contributed by atoms with Gasteiger partial charge in [-0.1, -0.05) is 0 Å². The lowest BCUT2D eigenvalue weighted by Crippen LogP contribution is -2.47. The average molecular weight is 241 g/mol. The van der Waals surface area contributed by atoms with Crippen LogP contribution in [0.4, 0.5) is 13.2 Å². The van der Waals surface area contributed by atoms with Crippen molar-refractivity contribution >= 4 is 11.9 Å². The van der Waals surface area contributed by atoms with Gasteiger partial charge in [0.1, 0.15) is 6.04 Å². The minimum atomic E-state index is -5.06. The first kappa shape index (κ1) is 12.8. The molecule has 1 amide bonds. The lowest BCUT2D eigenvalue weighted by molar-refractivity contribution is -0.188. The summed E-state index contributed by atoms with van der Waals surface area (Å²) in [6, 6.07) is -1.37. The van der Waals surface area contributed by atoms with Crippen molar-refractivity contribution in [1.82, 2.24) is 4.90 Å². The number of β-amino-alcohol motifs (C(OH)–C–C–N with tert-alkyl or cyclic N) is 1. The number of methoxy groups -OCH3 is 1. The Morgan fingerprint density at radius 1 is 1.44 bits per heavy atom. The molecule has 0 aromatic carbocycles. The molecule has 0 aromatic rings. The maximum absolute atomic E-state index is 12.1. The Labute approximate surface area is 88.8 Å². The molecule has 1 rings (SSSR count). The van der Waals surface area contributed by atoms with Gasteiger partial charge in [0.05, 0.1) is 13.2 Å². The molecule has 1 saturated heterocycles. The second-order valence-corrected chi connectivity index (χ2v) is 3.38. The molecule has 5 nitrogen and oxygen atoms in total. The smallest absolute Gasteiger partial charge is 0.467 e. The summed E-state index contributed by atoms with van der Waals surface area (Å²) in [5, 5.41) is 9.16. The van der Waals surface area contributed by atoms with Gasteiger partial charge in [-0.15, -0.1) is 0 Å². The number of aliphatic hydroxyl groups is 1. The Bertz CT molecular complexity index is 304. The van der Waals surface area contributed by atoms with E-state index in [0.29, 0.717) is 0 Å². The molecule has 16 heavy (non-hydrogen) atoms. The lowest BCUT2D eigenvalue weighted by atomic mass is 10.2. The number of ether oxygens (including phenoxy) is 1. The third-order valence-electron chi connectivity index (χ3n) is 2.26. The topological polar surface area (TPSA) is 66.8 Å². The zero-order valence-corrected chi connectivity index (χ0v) is 8.32. The largest absolute Gasteiger partial charge is 0.471 e. The lowest BCUT2D eigenvalue weighted by Gasteiger charge is -2.23. The molecule has 0 aliphatic carbocycles. The summed E-state index contributed by atoms with van der Waals surface area (Å²) < 4.78 is 40.7. The fourth-order valence-electron chi connectivity index (χ4n) is 1.56. The van der Waals surface area contributed by atoms with Crippen molar-refractivity contribution < 1.29 is 32.6 Å². The predicted octanol–water partition coefficient (Wildman–Crippen LogP) is -0.317. The van der Waals surface area contributed by atoms with Gasteiger partial charge in [-0.25, -0.2) is 4.79 Å². The molecule has 0 aromatic heterocycles. The monoisotopic (exact) mass is 241 g/mol. The van der Waals surface area contributed by atoms with E-state index in [1.54, 1.807) is 0 Å². The molecule has 0 spiro atoms. The summed E-state index contributed by atoms with van der Waals surface area (Å²) in [5.74, 6) is -3.10. The van der Waals surface area contributed by atoms with E-state index in [9.17, 15) is 22.8 Å². The second kappa shape index (κ2) is 4.28. The molecule has 1 fully saturated rings. The first-order valence-electron chi connectivity index (χ1n) is 4.41. The Morgan fingerprint density at radius 3 is 2.44 bits per heavy atom. The highest BCUT2D eigenvalue weighted by Crippen LogP contribution is 2.26. The number of alkyl halides is 3. The first-order valence-corrected chi connectivity index (χ1v) is 4.41. The van der Waals surface area contributed by atoms with E-state index in [1.165, 1.54) is 0 Å². The molecule has 1 heterocycles. The molecule has 8 heteroatoms. The number of aliphatic hydroxyl groups excluding tert-OH is 1. The van der Waals surface area contributed by atoms with Gasteiger partial charge < -0.3 is 14.7 Å². The van der Waals surface area contributed by atoms with E-state index in [2.05, 4.69) is 4.74 Å². The maximum atomic E-state index is 12.1. The number of carbonyl (C=O) groups is 2. The van der Waals surface area contributed by atoms with Gasteiger partial charge in [0.15, 0.2) is 0 Å². The van der Waals surface area contributed by atoms with Crippen molar-refractivity contribution in [3.63, 3.8) is 0 Å². The fourth-order valence-corrected chi connectivity index (χ4v) is 1.56. The highest BCUT2D eigenvalue weighted by molar-refractivity contribution is 5.88. The molecule has 0 radical (unpaired) electrons. The molecule has 1 N–H and O–H groups in total. The van der Waals surface area contributed by atoms with Gasteiger partial charge in [-0.2, -0.15) is 13.2 Å². The Hall–Kier alpha value is -1.31. The van der Waals surface area contributed by atoms with Crippen LogP contribution in [-0.4, -0.2) is 53.9 Å². The molecule has 2 unspecified atom stereocenters. The Morgan fingerprint density at radius 2 is 2.00 bits per heavy atom. The third-order valence-corrected chi connectivity index (χ3v) is 2.26. The number of hydrogen-bond donors (Lipinski definition) is 1. The summed E-state index contributed by atoms with van der Waals surface area (Å²) in [7, 11) is 1.00. The van der Waals surface area contributed by atoms with Gasteiger partial charge in [0.25, 0.3) is 0 Å². The number of esters is 1. The van der Waals surface area contributed by atoms with E-state index >= 15 is 0 Å².